The third-order valence-electron chi connectivity index (χ3n) is 5.06. The summed E-state index contributed by atoms with van der Waals surface area (Å²) in [4.78, 5) is 37.0. The van der Waals surface area contributed by atoms with E-state index in [9.17, 15) is 22.8 Å². The molecule has 3 rings (SSSR count). The van der Waals surface area contributed by atoms with Crippen LogP contribution in [-0.4, -0.2) is 78.2 Å². The normalized spacial score (nSPS) is 14.2. The second kappa shape index (κ2) is 10.6. The van der Waals surface area contributed by atoms with Crippen LogP contribution in [0.2, 0.25) is 0 Å². The number of sulfonamides is 1. The van der Waals surface area contributed by atoms with Gasteiger partial charge >= 0.3 is 11.9 Å². The van der Waals surface area contributed by atoms with Crippen LogP contribution in [0.4, 0.5) is 5.69 Å². The second-order valence-electron chi connectivity index (χ2n) is 7.11. The lowest BCUT2D eigenvalue weighted by Crippen LogP contribution is -2.40. The summed E-state index contributed by atoms with van der Waals surface area (Å²) in [5.41, 5.74) is 0.0596. The van der Waals surface area contributed by atoms with Gasteiger partial charge in [-0.3, -0.25) is 4.79 Å². The topological polar surface area (TPSA) is 138 Å². The van der Waals surface area contributed by atoms with Crippen LogP contribution < -0.4 is 10.1 Å². The number of esters is 2. The molecule has 34 heavy (non-hydrogen) atoms. The first-order valence-electron chi connectivity index (χ1n) is 10.1. The molecule has 1 amide bonds. The molecule has 1 N–H and O–H groups in total. The number of amides is 1. The Morgan fingerprint density at radius 2 is 1.50 bits per heavy atom. The zero-order valence-corrected chi connectivity index (χ0v) is 19.6. The van der Waals surface area contributed by atoms with Crippen molar-refractivity contribution >= 4 is 33.6 Å². The molecule has 1 aliphatic rings. The lowest BCUT2D eigenvalue weighted by molar-refractivity contribution is 0.0598. The highest BCUT2D eigenvalue weighted by atomic mass is 32.2. The molecule has 0 atom stereocenters. The van der Waals surface area contributed by atoms with Gasteiger partial charge in [0, 0.05) is 18.8 Å². The van der Waals surface area contributed by atoms with Gasteiger partial charge in [-0.15, -0.1) is 0 Å². The van der Waals surface area contributed by atoms with Crippen LogP contribution in [0.5, 0.6) is 5.75 Å². The summed E-state index contributed by atoms with van der Waals surface area (Å²) in [6, 6.07) is 7.85. The van der Waals surface area contributed by atoms with E-state index in [2.05, 4.69) is 5.32 Å². The molecule has 1 fully saturated rings. The molecular formula is C22H24N2O9S. The predicted octanol–water partition coefficient (Wildman–Crippen LogP) is 1.54. The first-order chi connectivity index (χ1) is 16.2. The third-order valence-corrected chi connectivity index (χ3v) is 6.95. The Morgan fingerprint density at radius 1 is 0.912 bits per heavy atom. The summed E-state index contributed by atoms with van der Waals surface area (Å²) in [6.07, 6.45) is 0. The summed E-state index contributed by atoms with van der Waals surface area (Å²) in [5.74, 6) is -2.03. The van der Waals surface area contributed by atoms with Gasteiger partial charge in [0.25, 0.3) is 5.91 Å². The highest BCUT2D eigenvalue weighted by Crippen LogP contribution is 2.27. The van der Waals surface area contributed by atoms with E-state index in [0.29, 0.717) is 0 Å². The molecule has 0 unspecified atom stereocenters. The van der Waals surface area contributed by atoms with Crippen molar-refractivity contribution in [3.63, 3.8) is 0 Å². The number of benzene rings is 2. The summed E-state index contributed by atoms with van der Waals surface area (Å²) in [7, 11) is -0.166. The van der Waals surface area contributed by atoms with Crippen LogP contribution >= 0.6 is 0 Å². The Morgan fingerprint density at radius 3 is 2.03 bits per heavy atom. The Kier molecular flexibility index (Phi) is 7.87. The molecule has 0 aliphatic carbocycles. The number of methoxy groups -OCH3 is 3. The predicted molar refractivity (Wildman–Crippen MR) is 120 cm³/mol. The minimum absolute atomic E-state index is 0.0105. The monoisotopic (exact) mass is 492 g/mol. The molecule has 0 aromatic heterocycles. The van der Waals surface area contributed by atoms with Gasteiger partial charge in [0.15, 0.2) is 0 Å². The van der Waals surface area contributed by atoms with E-state index in [-0.39, 0.29) is 59.3 Å². The van der Waals surface area contributed by atoms with Crippen LogP contribution in [0.15, 0.2) is 41.3 Å². The number of hydrogen-bond donors (Lipinski definition) is 1. The highest BCUT2D eigenvalue weighted by Gasteiger charge is 2.28. The zero-order chi connectivity index (χ0) is 24.9. The van der Waals surface area contributed by atoms with E-state index in [1.807, 2.05) is 0 Å². The van der Waals surface area contributed by atoms with Gasteiger partial charge in [0.2, 0.25) is 10.0 Å². The van der Waals surface area contributed by atoms with E-state index in [0.717, 1.165) is 0 Å². The van der Waals surface area contributed by atoms with E-state index in [4.69, 9.17) is 18.9 Å². The molecule has 12 heteroatoms. The van der Waals surface area contributed by atoms with E-state index in [1.54, 1.807) is 0 Å². The summed E-state index contributed by atoms with van der Waals surface area (Å²) in [5, 5.41) is 2.57. The number of carbonyl (C=O) groups is 3. The van der Waals surface area contributed by atoms with E-state index < -0.39 is 27.9 Å². The number of hydrogen-bond acceptors (Lipinski definition) is 9. The van der Waals surface area contributed by atoms with Crippen molar-refractivity contribution < 1.29 is 41.7 Å². The van der Waals surface area contributed by atoms with Gasteiger partial charge in [0.1, 0.15) is 5.75 Å². The Balaban J connectivity index is 1.97. The molecule has 0 radical (unpaired) electrons. The summed E-state index contributed by atoms with van der Waals surface area (Å²) in [6.45, 7) is 0.961. The van der Waals surface area contributed by atoms with Crippen molar-refractivity contribution in [1.82, 2.24) is 4.31 Å². The van der Waals surface area contributed by atoms with Crippen molar-refractivity contribution in [2.24, 2.45) is 0 Å². The maximum Gasteiger partial charge on any atom is 0.337 e. The quantitative estimate of drug-likeness (QED) is 0.571. The molecule has 0 saturated carbocycles. The van der Waals surface area contributed by atoms with Gasteiger partial charge in [-0.2, -0.15) is 4.31 Å². The fraction of sp³-hybridized carbons (Fsp3) is 0.318. The number of rotatable bonds is 7. The van der Waals surface area contributed by atoms with Crippen LogP contribution in [0.3, 0.4) is 0 Å². The standard InChI is InChI=1S/C22H24N2O9S/c1-30-19-5-4-17(34(28,29)24-6-8-33-9-7-24)13-18(19)20(25)23-16-11-14(21(26)31-2)10-15(12-16)22(27)32-3/h4-5,10-13H,6-9H2,1-3H3,(H,23,25). The SMILES string of the molecule is COC(=O)c1cc(NC(=O)c2cc(S(=O)(=O)N3CCOCC3)ccc2OC)cc(C(=O)OC)c1. The average molecular weight is 493 g/mol. The summed E-state index contributed by atoms with van der Waals surface area (Å²) < 4.78 is 47.2. The number of ether oxygens (including phenoxy) is 4. The van der Waals surface area contributed by atoms with Crippen molar-refractivity contribution in [1.29, 1.82) is 0 Å². The Labute approximate surface area is 196 Å². The molecule has 0 bridgehead atoms. The molecule has 0 spiro atoms. The number of nitrogens with one attached hydrogen (secondary N) is 1. The van der Waals surface area contributed by atoms with Gasteiger partial charge in [-0.05, 0) is 36.4 Å². The van der Waals surface area contributed by atoms with Crippen LogP contribution in [-0.2, 0) is 24.2 Å². The molecule has 1 saturated heterocycles. The number of carbonyl (C=O) groups excluding carboxylic acids is 3. The molecule has 2 aromatic rings. The van der Waals surface area contributed by atoms with Crippen molar-refractivity contribution in [2.75, 3.05) is 52.9 Å². The van der Waals surface area contributed by atoms with Gasteiger partial charge in [-0.25, -0.2) is 18.0 Å². The minimum Gasteiger partial charge on any atom is -0.496 e. The van der Waals surface area contributed by atoms with Gasteiger partial charge < -0.3 is 24.3 Å². The molecule has 1 aliphatic heterocycles. The third kappa shape index (κ3) is 5.35. The number of nitrogens with zero attached hydrogens (tertiary/aromatic N) is 1. The molecule has 2 aromatic carbocycles. The highest BCUT2D eigenvalue weighted by molar-refractivity contribution is 7.89. The lowest BCUT2D eigenvalue weighted by atomic mass is 10.1. The van der Waals surface area contributed by atoms with Crippen molar-refractivity contribution in [2.45, 2.75) is 4.90 Å². The van der Waals surface area contributed by atoms with Gasteiger partial charge in [-0.1, -0.05) is 0 Å². The summed E-state index contributed by atoms with van der Waals surface area (Å²) >= 11 is 0. The largest absolute Gasteiger partial charge is 0.496 e. The Bertz CT molecular complexity index is 1170. The maximum atomic E-state index is 13.1. The number of anilines is 1. The maximum absolute atomic E-state index is 13.1. The average Bonchev–Trinajstić information content (AvgIpc) is 2.87. The van der Waals surface area contributed by atoms with Crippen LogP contribution in [0.25, 0.3) is 0 Å². The zero-order valence-electron chi connectivity index (χ0n) is 18.8. The van der Waals surface area contributed by atoms with E-state index in [1.165, 1.54) is 62.0 Å². The molecule has 1 heterocycles. The van der Waals surface area contributed by atoms with Crippen molar-refractivity contribution in [3.05, 3.63) is 53.1 Å². The fourth-order valence-corrected chi connectivity index (χ4v) is 4.77. The second-order valence-corrected chi connectivity index (χ2v) is 9.05. The van der Waals surface area contributed by atoms with Crippen LogP contribution in [0.1, 0.15) is 31.1 Å². The minimum atomic E-state index is -3.86. The molecule has 182 valence electrons. The lowest BCUT2D eigenvalue weighted by Gasteiger charge is -2.26. The number of morpholine rings is 1. The smallest absolute Gasteiger partial charge is 0.337 e. The van der Waals surface area contributed by atoms with E-state index >= 15 is 0 Å². The van der Waals surface area contributed by atoms with Gasteiger partial charge in [0.05, 0.1) is 56.1 Å². The first-order valence-corrected chi connectivity index (χ1v) is 11.5. The first kappa shape index (κ1) is 25.1. The Hall–Kier alpha value is -3.48. The molecule has 11 nitrogen and oxygen atoms in total. The molecular weight excluding hydrogens is 468 g/mol. The van der Waals surface area contributed by atoms with Crippen molar-refractivity contribution in [3.8, 4) is 5.75 Å². The fourth-order valence-electron chi connectivity index (χ4n) is 3.33. The van der Waals surface area contributed by atoms with Crippen LogP contribution in [0, 0.1) is 0 Å².